The highest BCUT2D eigenvalue weighted by atomic mass is 79.9. The Bertz CT molecular complexity index is 441. The second-order valence-corrected chi connectivity index (χ2v) is 5.56. The number of rotatable bonds is 2. The van der Waals surface area contributed by atoms with Gasteiger partial charge in [0.05, 0.1) is 7.11 Å². The fraction of sp³-hybridized carbons (Fsp3) is 0.462. The third-order valence-electron chi connectivity index (χ3n) is 3.46. The lowest BCUT2D eigenvalue weighted by molar-refractivity contribution is -0.146. The standard InChI is InChI=1S/C13H16BrNO2.ClH/c1-17-12(16)13(15)6-5-10(8-13)9-3-2-4-11(14)7-9;/h2-4,7,10H,5-6,8,15H2,1H3;1H/t10-,13-;/m0./s1. The molecule has 1 aromatic rings. The molecule has 0 unspecified atom stereocenters. The van der Waals surface area contributed by atoms with Crippen molar-refractivity contribution in [3.05, 3.63) is 34.3 Å². The highest BCUT2D eigenvalue weighted by molar-refractivity contribution is 9.10. The topological polar surface area (TPSA) is 52.3 Å². The number of nitrogens with two attached hydrogens (primary N) is 1. The maximum absolute atomic E-state index is 11.6. The first-order chi connectivity index (χ1) is 8.05. The zero-order valence-corrected chi connectivity index (χ0v) is 12.6. The summed E-state index contributed by atoms with van der Waals surface area (Å²) in [5.74, 6) is 0.0478. The lowest BCUT2D eigenvalue weighted by Gasteiger charge is -2.20. The molecule has 1 saturated carbocycles. The average molecular weight is 335 g/mol. The van der Waals surface area contributed by atoms with Crippen LogP contribution < -0.4 is 5.73 Å². The van der Waals surface area contributed by atoms with E-state index in [0.717, 1.165) is 10.9 Å². The second kappa shape index (κ2) is 6.04. The van der Waals surface area contributed by atoms with Crippen molar-refractivity contribution in [3.8, 4) is 0 Å². The zero-order chi connectivity index (χ0) is 12.5. The highest BCUT2D eigenvalue weighted by Gasteiger charge is 2.43. The lowest BCUT2D eigenvalue weighted by Crippen LogP contribution is -2.46. The summed E-state index contributed by atoms with van der Waals surface area (Å²) in [6, 6.07) is 8.18. The van der Waals surface area contributed by atoms with E-state index < -0.39 is 5.54 Å². The van der Waals surface area contributed by atoms with Crippen molar-refractivity contribution in [2.24, 2.45) is 5.73 Å². The van der Waals surface area contributed by atoms with Crippen LogP contribution in [0.5, 0.6) is 0 Å². The Balaban J connectivity index is 0.00000162. The predicted octanol–water partition coefficient (Wildman–Crippen LogP) is 3.01. The van der Waals surface area contributed by atoms with Gasteiger partial charge in [-0.05, 0) is 42.9 Å². The van der Waals surface area contributed by atoms with Crippen LogP contribution in [-0.2, 0) is 9.53 Å². The molecular weight excluding hydrogens is 318 g/mol. The van der Waals surface area contributed by atoms with Crippen molar-refractivity contribution >= 4 is 34.3 Å². The zero-order valence-electron chi connectivity index (χ0n) is 10.2. The molecular formula is C13H17BrClNO2. The second-order valence-electron chi connectivity index (χ2n) is 4.64. The maximum Gasteiger partial charge on any atom is 0.325 e. The minimum atomic E-state index is -0.804. The van der Waals surface area contributed by atoms with Crippen LogP contribution in [0.3, 0.4) is 0 Å². The molecule has 100 valence electrons. The summed E-state index contributed by atoms with van der Waals surface area (Å²) in [5, 5.41) is 0. The van der Waals surface area contributed by atoms with Crippen molar-refractivity contribution in [2.45, 2.75) is 30.7 Å². The molecule has 1 aliphatic carbocycles. The Morgan fingerprint density at radius 1 is 1.56 bits per heavy atom. The van der Waals surface area contributed by atoms with E-state index in [1.54, 1.807) is 0 Å². The molecule has 1 fully saturated rings. The minimum absolute atomic E-state index is 0. The summed E-state index contributed by atoms with van der Waals surface area (Å²) in [7, 11) is 1.39. The monoisotopic (exact) mass is 333 g/mol. The molecule has 0 aromatic heterocycles. The van der Waals surface area contributed by atoms with E-state index in [4.69, 9.17) is 10.5 Å². The molecule has 0 spiro atoms. The fourth-order valence-electron chi connectivity index (χ4n) is 2.51. The minimum Gasteiger partial charge on any atom is -0.468 e. The van der Waals surface area contributed by atoms with Gasteiger partial charge in [0, 0.05) is 4.47 Å². The largest absolute Gasteiger partial charge is 0.468 e. The summed E-state index contributed by atoms with van der Waals surface area (Å²) in [6.07, 6.45) is 2.29. The van der Waals surface area contributed by atoms with Gasteiger partial charge in [-0.3, -0.25) is 4.79 Å². The Kier molecular flexibility index (Phi) is 5.20. The number of hydrogen-bond donors (Lipinski definition) is 1. The van der Waals surface area contributed by atoms with Gasteiger partial charge in [0.25, 0.3) is 0 Å². The van der Waals surface area contributed by atoms with Gasteiger partial charge >= 0.3 is 5.97 Å². The van der Waals surface area contributed by atoms with Gasteiger partial charge in [-0.2, -0.15) is 0 Å². The van der Waals surface area contributed by atoms with Gasteiger partial charge in [0.1, 0.15) is 5.54 Å². The molecule has 18 heavy (non-hydrogen) atoms. The van der Waals surface area contributed by atoms with E-state index in [2.05, 4.69) is 28.1 Å². The van der Waals surface area contributed by atoms with Crippen LogP contribution in [0.15, 0.2) is 28.7 Å². The summed E-state index contributed by atoms with van der Waals surface area (Å²) in [5.41, 5.74) is 6.52. The molecule has 0 heterocycles. The number of carbonyl (C=O) groups is 1. The predicted molar refractivity (Wildman–Crippen MR) is 76.9 cm³/mol. The lowest BCUT2D eigenvalue weighted by atomic mass is 9.93. The number of carbonyl (C=O) groups excluding carboxylic acids is 1. The van der Waals surface area contributed by atoms with Crippen LogP contribution in [-0.4, -0.2) is 18.6 Å². The number of methoxy groups -OCH3 is 1. The molecule has 2 rings (SSSR count). The van der Waals surface area contributed by atoms with E-state index in [-0.39, 0.29) is 18.4 Å². The van der Waals surface area contributed by atoms with Crippen molar-refractivity contribution in [1.82, 2.24) is 0 Å². The van der Waals surface area contributed by atoms with E-state index in [1.165, 1.54) is 12.7 Å². The molecule has 2 atom stereocenters. The van der Waals surface area contributed by atoms with Crippen LogP contribution in [0.1, 0.15) is 30.7 Å². The average Bonchev–Trinajstić information content (AvgIpc) is 2.72. The van der Waals surface area contributed by atoms with Gasteiger partial charge in [0.2, 0.25) is 0 Å². The molecule has 1 aromatic carbocycles. The number of benzene rings is 1. The van der Waals surface area contributed by atoms with Gasteiger partial charge < -0.3 is 10.5 Å². The highest BCUT2D eigenvalue weighted by Crippen LogP contribution is 2.40. The van der Waals surface area contributed by atoms with Gasteiger partial charge in [-0.15, -0.1) is 12.4 Å². The van der Waals surface area contributed by atoms with Crippen LogP contribution in [0.25, 0.3) is 0 Å². The molecule has 0 saturated heterocycles. The van der Waals surface area contributed by atoms with E-state index in [9.17, 15) is 4.79 Å². The van der Waals surface area contributed by atoms with Crippen molar-refractivity contribution in [3.63, 3.8) is 0 Å². The van der Waals surface area contributed by atoms with Crippen LogP contribution >= 0.6 is 28.3 Å². The molecule has 2 N–H and O–H groups in total. The number of esters is 1. The van der Waals surface area contributed by atoms with Crippen molar-refractivity contribution < 1.29 is 9.53 Å². The Morgan fingerprint density at radius 2 is 2.28 bits per heavy atom. The quantitative estimate of drug-likeness (QED) is 0.846. The number of halogens is 2. The Labute approximate surface area is 122 Å². The third kappa shape index (κ3) is 3.05. The summed E-state index contributed by atoms with van der Waals surface area (Å²) >= 11 is 3.46. The van der Waals surface area contributed by atoms with E-state index >= 15 is 0 Å². The van der Waals surface area contributed by atoms with E-state index in [1.807, 2.05) is 12.1 Å². The summed E-state index contributed by atoms with van der Waals surface area (Å²) < 4.78 is 5.83. The smallest absolute Gasteiger partial charge is 0.325 e. The fourth-order valence-corrected chi connectivity index (χ4v) is 2.93. The third-order valence-corrected chi connectivity index (χ3v) is 3.95. The Morgan fingerprint density at radius 3 is 2.89 bits per heavy atom. The first-order valence-electron chi connectivity index (χ1n) is 5.68. The van der Waals surface area contributed by atoms with Gasteiger partial charge in [0.15, 0.2) is 0 Å². The van der Waals surface area contributed by atoms with Gasteiger partial charge in [-0.25, -0.2) is 0 Å². The number of hydrogen-bond acceptors (Lipinski definition) is 3. The van der Waals surface area contributed by atoms with Crippen molar-refractivity contribution in [1.29, 1.82) is 0 Å². The van der Waals surface area contributed by atoms with Crippen molar-refractivity contribution in [2.75, 3.05) is 7.11 Å². The first-order valence-corrected chi connectivity index (χ1v) is 6.47. The molecule has 0 amide bonds. The van der Waals surface area contributed by atoms with Crippen LogP contribution in [0.4, 0.5) is 0 Å². The molecule has 0 bridgehead atoms. The molecule has 1 aliphatic rings. The first kappa shape index (κ1) is 15.5. The molecule has 3 nitrogen and oxygen atoms in total. The van der Waals surface area contributed by atoms with Crippen LogP contribution in [0, 0.1) is 0 Å². The summed E-state index contributed by atoms with van der Waals surface area (Å²) in [6.45, 7) is 0. The summed E-state index contributed by atoms with van der Waals surface area (Å²) in [4.78, 5) is 11.6. The maximum atomic E-state index is 11.6. The molecule has 0 radical (unpaired) electrons. The van der Waals surface area contributed by atoms with Gasteiger partial charge in [-0.1, -0.05) is 28.1 Å². The van der Waals surface area contributed by atoms with E-state index in [0.29, 0.717) is 18.8 Å². The number of ether oxygens (including phenoxy) is 1. The molecule has 5 heteroatoms. The molecule has 0 aliphatic heterocycles. The normalized spacial score (nSPS) is 26.5. The van der Waals surface area contributed by atoms with Crippen LogP contribution in [0.2, 0.25) is 0 Å². The Hall–Kier alpha value is -0.580. The SMILES string of the molecule is COC(=O)[C@]1(N)CC[C@H](c2cccc(Br)c2)C1.Cl.